The van der Waals surface area contributed by atoms with Gasteiger partial charge < -0.3 is 16.0 Å². The Morgan fingerprint density at radius 1 is 1.21 bits per heavy atom. The Hall–Kier alpha value is -1.71. The number of nitrogens with zero attached hydrogens (tertiary/aromatic N) is 1. The van der Waals surface area contributed by atoms with Crippen molar-refractivity contribution in [1.29, 1.82) is 0 Å². The van der Waals surface area contributed by atoms with Crippen molar-refractivity contribution < 1.29 is 4.79 Å². The minimum atomic E-state index is 0.0180. The highest BCUT2D eigenvalue weighted by Crippen LogP contribution is 2.34. The van der Waals surface area contributed by atoms with Gasteiger partial charge in [0.05, 0.1) is 0 Å². The van der Waals surface area contributed by atoms with E-state index in [-0.39, 0.29) is 6.03 Å². The molecule has 0 saturated heterocycles. The molecule has 2 amide bonds. The Balaban J connectivity index is 1.61. The van der Waals surface area contributed by atoms with Gasteiger partial charge in [-0.1, -0.05) is 6.07 Å². The highest BCUT2D eigenvalue weighted by atomic mass is 16.2. The number of amides is 2. The molecule has 2 fully saturated rings. The largest absolute Gasteiger partial charge is 0.399 e. The smallest absolute Gasteiger partial charge is 0.321 e. The monoisotopic (exact) mass is 259 g/mol. The number of nitrogens with two attached hydrogens (primary N) is 1. The van der Waals surface area contributed by atoms with Crippen molar-refractivity contribution in [2.45, 2.75) is 25.7 Å². The highest BCUT2D eigenvalue weighted by molar-refractivity contribution is 5.89. The van der Waals surface area contributed by atoms with Crippen LogP contribution in [0.5, 0.6) is 0 Å². The lowest BCUT2D eigenvalue weighted by atomic mass is 10.3. The first-order valence-electron chi connectivity index (χ1n) is 7.12. The Kier molecular flexibility index (Phi) is 3.32. The van der Waals surface area contributed by atoms with Crippen LogP contribution in [0.25, 0.3) is 0 Å². The average molecular weight is 259 g/mol. The van der Waals surface area contributed by atoms with Crippen LogP contribution in [0.15, 0.2) is 24.3 Å². The number of rotatable bonds is 5. The predicted molar refractivity (Wildman–Crippen MR) is 76.9 cm³/mol. The molecule has 0 unspecified atom stereocenters. The van der Waals surface area contributed by atoms with E-state index >= 15 is 0 Å². The first-order valence-corrected chi connectivity index (χ1v) is 7.12. The van der Waals surface area contributed by atoms with Gasteiger partial charge in [0.15, 0.2) is 0 Å². The molecule has 102 valence electrons. The molecule has 0 aliphatic heterocycles. The molecule has 0 heterocycles. The molecule has 0 bridgehead atoms. The van der Waals surface area contributed by atoms with Gasteiger partial charge in [-0.3, -0.25) is 0 Å². The van der Waals surface area contributed by atoms with Gasteiger partial charge in [-0.15, -0.1) is 0 Å². The van der Waals surface area contributed by atoms with Gasteiger partial charge in [-0.05, 0) is 55.7 Å². The number of urea groups is 1. The van der Waals surface area contributed by atoms with Crippen molar-refractivity contribution in [1.82, 2.24) is 4.90 Å². The van der Waals surface area contributed by atoms with Crippen molar-refractivity contribution in [2.75, 3.05) is 24.1 Å². The minimum absolute atomic E-state index is 0.0180. The van der Waals surface area contributed by atoms with Crippen molar-refractivity contribution in [3.63, 3.8) is 0 Å². The molecule has 0 radical (unpaired) electrons. The van der Waals surface area contributed by atoms with Crippen molar-refractivity contribution in [2.24, 2.45) is 11.8 Å². The van der Waals surface area contributed by atoms with Gasteiger partial charge in [-0.25, -0.2) is 4.79 Å². The number of nitrogens with one attached hydrogen (secondary N) is 1. The van der Waals surface area contributed by atoms with Gasteiger partial charge >= 0.3 is 6.03 Å². The van der Waals surface area contributed by atoms with E-state index in [0.717, 1.165) is 30.6 Å². The number of hydrogen-bond acceptors (Lipinski definition) is 2. The molecule has 3 rings (SSSR count). The topological polar surface area (TPSA) is 58.4 Å². The van der Waals surface area contributed by atoms with Gasteiger partial charge in [0.1, 0.15) is 0 Å². The summed E-state index contributed by atoms with van der Waals surface area (Å²) in [7, 11) is 0. The standard InChI is InChI=1S/C15H21N3O/c16-13-2-1-3-14(8-13)17-15(19)18(9-11-4-5-11)10-12-6-7-12/h1-3,8,11-12H,4-7,9-10,16H2,(H,17,19). The normalized spacial score (nSPS) is 18.1. The summed E-state index contributed by atoms with van der Waals surface area (Å²) in [5.41, 5.74) is 7.18. The van der Waals surface area contributed by atoms with Crippen LogP contribution in [0.3, 0.4) is 0 Å². The summed E-state index contributed by atoms with van der Waals surface area (Å²) < 4.78 is 0. The number of benzene rings is 1. The number of carbonyl (C=O) groups is 1. The average Bonchev–Trinajstić information content (AvgIpc) is 3.23. The molecule has 0 atom stereocenters. The molecule has 0 aromatic heterocycles. The van der Waals surface area contributed by atoms with E-state index in [2.05, 4.69) is 5.32 Å². The van der Waals surface area contributed by atoms with E-state index in [1.807, 2.05) is 23.1 Å². The molecule has 2 saturated carbocycles. The van der Waals surface area contributed by atoms with E-state index < -0.39 is 0 Å². The van der Waals surface area contributed by atoms with E-state index in [0.29, 0.717) is 5.69 Å². The van der Waals surface area contributed by atoms with Crippen LogP contribution in [-0.4, -0.2) is 24.0 Å². The second-order valence-electron chi connectivity index (χ2n) is 5.85. The van der Waals surface area contributed by atoms with Crippen LogP contribution in [0, 0.1) is 11.8 Å². The van der Waals surface area contributed by atoms with Gasteiger partial charge in [0, 0.05) is 24.5 Å². The number of nitrogen functional groups attached to an aromatic ring is 1. The van der Waals surface area contributed by atoms with Crippen LogP contribution in [-0.2, 0) is 0 Å². The summed E-state index contributed by atoms with van der Waals surface area (Å²) in [6, 6.07) is 7.37. The summed E-state index contributed by atoms with van der Waals surface area (Å²) >= 11 is 0. The Bertz CT molecular complexity index is 452. The maximum absolute atomic E-state index is 12.3. The van der Waals surface area contributed by atoms with Crippen LogP contribution < -0.4 is 11.1 Å². The number of carbonyl (C=O) groups excluding carboxylic acids is 1. The minimum Gasteiger partial charge on any atom is -0.399 e. The zero-order valence-electron chi connectivity index (χ0n) is 11.1. The number of hydrogen-bond donors (Lipinski definition) is 2. The fraction of sp³-hybridized carbons (Fsp3) is 0.533. The summed E-state index contributed by atoms with van der Waals surface area (Å²) in [5, 5.41) is 2.96. The van der Waals surface area contributed by atoms with Crippen LogP contribution in [0.4, 0.5) is 16.2 Å². The molecule has 3 N–H and O–H groups in total. The highest BCUT2D eigenvalue weighted by Gasteiger charge is 2.31. The van der Waals surface area contributed by atoms with Crippen molar-refractivity contribution in [3.05, 3.63) is 24.3 Å². The Labute approximate surface area is 114 Å². The van der Waals surface area contributed by atoms with Crippen LogP contribution in [0.1, 0.15) is 25.7 Å². The molecule has 1 aromatic rings. The van der Waals surface area contributed by atoms with E-state index in [1.54, 1.807) is 6.07 Å². The predicted octanol–water partition coefficient (Wildman–Crippen LogP) is 2.92. The molecule has 2 aliphatic rings. The van der Waals surface area contributed by atoms with Crippen LogP contribution >= 0.6 is 0 Å². The van der Waals surface area contributed by atoms with Crippen LogP contribution in [0.2, 0.25) is 0 Å². The zero-order chi connectivity index (χ0) is 13.2. The third-order valence-electron chi connectivity index (χ3n) is 3.78. The lowest BCUT2D eigenvalue weighted by Gasteiger charge is -2.23. The molecule has 0 spiro atoms. The van der Waals surface area contributed by atoms with Gasteiger partial charge in [-0.2, -0.15) is 0 Å². The molecule has 4 heteroatoms. The Morgan fingerprint density at radius 3 is 2.37 bits per heavy atom. The molecule has 2 aliphatic carbocycles. The second-order valence-corrected chi connectivity index (χ2v) is 5.85. The first-order chi connectivity index (χ1) is 9.20. The van der Waals surface area contributed by atoms with Gasteiger partial charge in [0.25, 0.3) is 0 Å². The summed E-state index contributed by atoms with van der Waals surface area (Å²) in [6.07, 6.45) is 5.08. The molecule has 19 heavy (non-hydrogen) atoms. The van der Waals surface area contributed by atoms with Gasteiger partial charge in [0.2, 0.25) is 0 Å². The number of anilines is 2. The molecular formula is C15H21N3O. The lowest BCUT2D eigenvalue weighted by Crippen LogP contribution is -2.38. The molecule has 1 aromatic carbocycles. The van der Waals surface area contributed by atoms with Crippen molar-refractivity contribution >= 4 is 17.4 Å². The fourth-order valence-corrected chi connectivity index (χ4v) is 2.28. The fourth-order valence-electron chi connectivity index (χ4n) is 2.28. The maximum atomic E-state index is 12.3. The lowest BCUT2D eigenvalue weighted by molar-refractivity contribution is 0.206. The van der Waals surface area contributed by atoms with E-state index in [4.69, 9.17) is 5.73 Å². The third-order valence-corrected chi connectivity index (χ3v) is 3.78. The Morgan fingerprint density at radius 2 is 1.84 bits per heavy atom. The summed E-state index contributed by atoms with van der Waals surface area (Å²) in [5.74, 6) is 1.45. The van der Waals surface area contributed by atoms with E-state index in [1.165, 1.54) is 25.7 Å². The maximum Gasteiger partial charge on any atom is 0.321 e. The molecule has 4 nitrogen and oxygen atoms in total. The molecular weight excluding hydrogens is 238 g/mol. The second kappa shape index (κ2) is 5.11. The zero-order valence-corrected chi connectivity index (χ0v) is 11.1. The SMILES string of the molecule is Nc1cccc(NC(=O)N(CC2CC2)CC2CC2)c1. The quantitative estimate of drug-likeness (QED) is 0.799. The summed E-state index contributed by atoms with van der Waals surface area (Å²) in [6.45, 7) is 1.81. The summed E-state index contributed by atoms with van der Waals surface area (Å²) in [4.78, 5) is 14.3. The van der Waals surface area contributed by atoms with Crippen molar-refractivity contribution in [3.8, 4) is 0 Å². The van der Waals surface area contributed by atoms with E-state index in [9.17, 15) is 4.79 Å². The first kappa shape index (κ1) is 12.3. The third kappa shape index (κ3) is 3.63.